The Kier molecular flexibility index (Phi) is 4.05. The lowest BCUT2D eigenvalue weighted by molar-refractivity contribution is -0.142. The van der Waals surface area contributed by atoms with Gasteiger partial charge >= 0.3 is 5.97 Å². The minimum Gasteiger partial charge on any atom is -0.480 e. The minimum atomic E-state index is -1.02. The molecule has 1 aromatic carbocycles. The Morgan fingerprint density at radius 3 is 2.25 bits per heavy atom. The van der Waals surface area contributed by atoms with E-state index in [1.54, 1.807) is 6.92 Å². The highest BCUT2D eigenvalue weighted by Crippen LogP contribution is 2.18. The number of rotatable bonds is 4. The van der Waals surface area contributed by atoms with Crippen molar-refractivity contribution in [3.63, 3.8) is 0 Å². The number of amides is 1. The Labute approximate surface area is 94.3 Å². The maximum atomic E-state index is 11.0. The van der Waals surface area contributed by atoms with Gasteiger partial charge in [0.25, 0.3) is 0 Å². The highest BCUT2D eigenvalue weighted by molar-refractivity contribution is 5.83. The van der Waals surface area contributed by atoms with Crippen molar-refractivity contribution in [2.75, 3.05) is 0 Å². The zero-order valence-corrected chi connectivity index (χ0v) is 9.31. The van der Waals surface area contributed by atoms with E-state index in [0.717, 1.165) is 5.56 Å². The van der Waals surface area contributed by atoms with E-state index in [1.165, 1.54) is 6.92 Å². The van der Waals surface area contributed by atoms with Crippen molar-refractivity contribution in [2.45, 2.75) is 25.8 Å². The first kappa shape index (κ1) is 12.2. The van der Waals surface area contributed by atoms with Gasteiger partial charge in [0.1, 0.15) is 6.04 Å². The van der Waals surface area contributed by atoms with Gasteiger partial charge in [0.15, 0.2) is 0 Å². The Hall–Kier alpha value is -1.84. The van der Waals surface area contributed by atoms with Crippen LogP contribution in [-0.4, -0.2) is 23.0 Å². The van der Waals surface area contributed by atoms with Crippen LogP contribution in [0.15, 0.2) is 30.3 Å². The van der Waals surface area contributed by atoms with Crippen LogP contribution in [0.5, 0.6) is 0 Å². The van der Waals surface area contributed by atoms with Crippen molar-refractivity contribution in [1.29, 1.82) is 0 Å². The molecule has 0 aromatic heterocycles. The van der Waals surface area contributed by atoms with E-state index in [4.69, 9.17) is 5.11 Å². The Morgan fingerprint density at radius 2 is 1.81 bits per heavy atom. The fourth-order valence-electron chi connectivity index (χ4n) is 1.57. The fourth-order valence-corrected chi connectivity index (χ4v) is 1.57. The van der Waals surface area contributed by atoms with Gasteiger partial charge in [-0.15, -0.1) is 0 Å². The summed E-state index contributed by atoms with van der Waals surface area (Å²) in [5.74, 6) is -1.62. The number of nitrogens with one attached hydrogen (secondary N) is 1. The molecule has 0 saturated carbocycles. The van der Waals surface area contributed by atoms with Crippen LogP contribution < -0.4 is 5.32 Å². The second kappa shape index (κ2) is 5.30. The van der Waals surface area contributed by atoms with Crippen molar-refractivity contribution < 1.29 is 14.7 Å². The van der Waals surface area contributed by atoms with E-state index in [-0.39, 0.29) is 11.8 Å². The van der Waals surface area contributed by atoms with E-state index in [9.17, 15) is 9.59 Å². The van der Waals surface area contributed by atoms with Gasteiger partial charge in [-0.3, -0.25) is 4.79 Å². The topological polar surface area (TPSA) is 66.4 Å². The summed E-state index contributed by atoms with van der Waals surface area (Å²) in [6.07, 6.45) is 0. The van der Waals surface area contributed by atoms with Gasteiger partial charge in [0, 0.05) is 12.8 Å². The second-order valence-electron chi connectivity index (χ2n) is 3.72. The monoisotopic (exact) mass is 221 g/mol. The smallest absolute Gasteiger partial charge is 0.326 e. The third-order valence-corrected chi connectivity index (χ3v) is 2.45. The zero-order chi connectivity index (χ0) is 12.1. The lowest BCUT2D eigenvalue weighted by Gasteiger charge is -2.21. The number of benzene rings is 1. The van der Waals surface area contributed by atoms with Gasteiger partial charge in [-0.2, -0.15) is 0 Å². The molecule has 0 aliphatic carbocycles. The van der Waals surface area contributed by atoms with Crippen LogP contribution in [0, 0.1) is 0 Å². The Balaban J connectivity index is 2.87. The molecule has 2 unspecified atom stereocenters. The molecular weight excluding hydrogens is 206 g/mol. The summed E-state index contributed by atoms with van der Waals surface area (Å²) in [6.45, 7) is 3.09. The van der Waals surface area contributed by atoms with E-state index in [2.05, 4.69) is 5.32 Å². The number of hydrogen-bond acceptors (Lipinski definition) is 2. The van der Waals surface area contributed by atoms with Crippen LogP contribution >= 0.6 is 0 Å². The Bertz CT molecular complexity index is 375. The molecule has 0 bridgehead atoms. The molecule has 0 aliphatic rings. The molecule has 0 saturated heterocycles. The number of aliphatic carboxylic acids is 1. The van der Waals surface area contributed by atoms with Crippen LogP contribution in [0.4, 0.5) is 0 Å². The number of carbonyl (C=O) groups excluding carboxylic acids is 1. The predicted octanol–water partition coefficient (Wildman–Crippen LogP) is 1.38. The van der Waals surface area contributed by atoms with Crippen molar-refractivity contribution in [3.8, 4) is 0 Å². The summed E-state index contributed by atoms with van der Waals surface area (Å²) < 4.78 is 0. The molecule has 0 fully saturated rings. The summed E-state index contributed by atoms with van der Waals surface area (Å²) in [7, 11) is 0. The van der Waals surface area contributed by atoms with Crippen LogP contribution in [-0.2, 0) is 9.59 Å². The highest BCUT2D eigenvalue weighted by Gasteiger charge is 2.26. The van der Waals surface area contributed by atoms with Gasteiger partial charge < -0.3 is 10.4 Å². The maximum absolute atomic E-state index is 11.0. The molecule has 4 heteroatoms. The fraction of sp³-hybridized carbons (Fsp3) is 0.333. The molecule has 1 amide bonds. The number of carboxylic acids is 1. The van der Waals surface area contributed by atoms with Gasteiger partial charge in [-0.25, -0.2) is 4.79 Å². The summed E-state index contributed by atoms with van der Waals surface area (Å²) in [4.78, 5) is 22.0. The quantitative estimate of drug-likeness (QED) is 0.807. The molecule has 16 heavy (non-hydrogen) atoms. The zero-order valence-electron chi connectivity index (χ0n) is 9.31. The summed E-state index contributed by atoms with van der Waals surface area (Å²) in [6, 6.07) is 8.37. The third-order valence-electron chi connectivity index (χ3n) is 2.45. The molecule has 86 valence electrons. The lowest BCUT2D eigenvalue weighted by Crippen LogP contribution is -2.43. The second-order valence-corrected chi connectivity index (χ2v) is 3.72. The molecule has 1 rings (SSSR count). The number of carbonyl (C=O) groups is 2. The first-order chi connectivity index (χ1) is 7.52. The molecule has 0 radical (unpaired) electrons. The standard InChI is InChI=1S/C12H15NO3/c1-8(10-6-4-3-5-7-10)11(12(15)16)13-9(2)14/h3-8,11H,1-2H3,(H,13,14)(H,15,16). The van der Waals surface area contributed by atoms with Gasteiger partial charge in [0.05, 0.1) is 0 Å². The molecule has 1 aromatic rings. The molecule has 0 heterocycles. The summed E-state index contributed by atoms with van der Waals surface area (Å²) in [5, 5.41) is 11.5. The normalized spacial score (nSPS) is 13.9. The molecule has 2 atom stereocenters. The largest absolute Gasteiger partial charge is 0.480 e. The first-order valence-electron chi connectivity index (χ1n) is 5.07. The van der Waals surface area contributed by atoms with E-state index in [1.807, 2.05) is 30.3 Å². The van der Waals surface area contributed by atoms with Crippen LogP contribution in [0.2, 0.25) is 0 Å². The van der Waals surface area contributed by atoms with Gasteiger partial charge in [-0.1, -0.05) is 37.3 Å². The van der Waals surface area contributed by atoms with E-state index in [0.29, 0.717) is 0 Å². The maximum Gasteiger partial charge on any atom is 0.326 e. The molecule has 2 N–H and O–H groups in total. The lowest BCUT2D eigenvalue weighted by atomic mass is 9.93. The summed E-state index contributed by atoms with van der Waals surface area (Å²) in [5.41, 5.74) is 0.892. The summed E-state index contributed by atoms with van der Waals surface area (Å²) >= 11 is 0. The van der Waals surface area contributed by atoms with Crippen LogP contribution in [0.3, 0.4) is 0 Å². The average molecular weight is 221 g/mol. The van der Waals surface area contributed by atoms with Crippen LogP contribution in [0.1, 0.15) is 25.3 Å². The minimum absolute atomic E-state index is 0.261. The highest BCUT2D eigenvalue weighted by atomic mass is 16.4. The predicted molar refractivity (Wildman–Crippen MR) is 60.1 cm³/mol. The van der Waals surface area contributed by atoms with Crippen molar-refractivity contribution in [3.05, 3.63) is 35.9 Å². The van der Waals surface area contributed by atoms with E-state index >= 15 is 0 Å². The average Bonchev–Trinajstić information content (AvgIpc) is 2.25. The number of hydrogen-bond donors (Lipinski definition) is 2. The SMILES string of the molecule is CC(=O)NC(C(=O)O)C(C)c1ccccc1. The molecule has 0 spiro atoms. The van der Waals surface area contributed by atoms with Crippen molar-refractivity contribution >= 4 is 11.9 Å². The molecule has 4 nitrogen and oxygen atoms in total. The first-order valence-corrected chi connectivity index (χ1v) is 5.07. The van der Waals surface area contributed by atoms with Crippen LogP contribution in [0.25, 0.3) is 0 Å². The van der Waals surface area contributed by atoms with Gasteiger partial charge in [-0.05, 0) is 5.56 Å². The Morgan fingerprint density at radius 1 is 1.25 bits per heavy atom. The van der Waals surface area contributed by atoms with E-state index < -0.39 is 12.0 Å². The molecule has 0 aliphatic heterocycles. The number of carboxylic acid groups (broad SMARTS) is 1. The van der Waals surface area contributed by atoms with Gasteiger partial charge in [0.2, 0.25) is 5.91 Å². The third kappa shape index (κ3) is 3.08. The molecular formula is C12H15NO3. The van der Waals surface area contributed by atoms with Crippen molar-refractivity contribution in [2.24, 2.45) is 0 Å². The van der Waals surface area contributed by atoms with Crippen molar-refractivity contribution in [1.82, 2.24) is 5.32 Å².